The normalized spacial score (nSPS) is 12.0. The monoisotopic (exact) mass is 388 g/mol. The molecule has 0 aliphatic carbocycles. The van der Waals surface area contributed by atoms with E-state index in [1.54, 1.807) is 24.2 Å². The maximum atomic E-state index is 12.5. The molecule has 4 aromatic rings. The smallest absolute Gasteiger partial charge is 0.251 e. The molecule has 1 unspecified atom stereocenters. The number of pyridine rings is 2. The number of rotatable bonds is 6. The van der Waals surface area contributed by atoms with Crippen molar-refractivity contribution in [2.45, 2.75) is 23.6 Å². The van der Waals surface area contributed by atoms with Crippen molar-refractivity contribution in [2.75, 3.05) is 0 Å². The summed E-state index contributed by atoms with van der Waals surface area (Å²) in [6.45, 7) is 1.96. The summed E-state index contributed by atoms with van der Waals surface area (Å²) in [5, 5.41) is 3.02. The summed E-state index contributed by atoms with van der Waals surface area (Å²) < 4.78 is 2.02. The minimum atomic E-state index is -0.0822. The van der Waals surface area contributed by atoms with Gasteiger partial charge in [0.15, 0.2) is 0 Å². The van der Waals surface area contributed by atoms with E-state index in [1.807, 2.05) is 78.3 Å². The molecule has 6 heteroatoms. The molecule has 0 aliphatic heterocycles. The lowest BCUT2D eigenvalue weighted by Crippen LogP contribution is -2.26. The van der Waals surface area contributed by atoms with Gasteiger partial charge in [-0.2, -0.15) is 0 Å². The van der Waals surface area contributed by atoms with Crippen molar-refractivity contribution >= 4 is 23.3 Å². The van der Waals surface area contributed by atoms with Gasteiger partial charge in [-0.1, -0.05) is 6.07 Å². The van der Waals surface area contributed by atoms with Crippen LogP contribution in [0, 0.1) is 0 Å². The third kappa shape index (κ3) is 4.23. The number of nitrogens with one attached hydrogen (secondary N) is 1. The van der Waals surface area contributed by atoms with Crippen LogP contribution in [0.3, 0.4) is 0 Å². The third-order valence-corrected chi connectivity index (χ3v) is 5.52. The zero-order valence-corrected chi connectivity index (χ0v) is 16.3. The first-order valence-corrected chi connectivity index (χ1v) is 10.0. The highest BCUT2D eigenvalue weighted by atomic mass is 32.2. The Bertz CT molecular complexity index is 1040. The van der Waals surface area contributed by atoms with Gasteiger partial charge in [-0.05, 0) is 61.0 Å². The summed E-state index contributed by atoms with van der Waals surface area (Å²) in [6.07, 6.45) is 7.50. The van der Waals surface area contributed by atoms with Gasteiger partial charge < -0.3 is 9.72 Å². The Balaban J connectivity index is 1.36. The number of hydrogen-bond donors (Lipinski definition) is 1. The van der Waals surface area contributed by atoms with Crippen LogP contribution in [0.25, 0.3) is 5.65 Å². The quantitative estimate of drug-likeness (QED) is 0.494. The molecule has 3 heterocycles. The highest BCUT2D eigenvalue weighted by Gasteiger charge is 2.11. The number of aromatic nitrogens is 3. The molecule has 1 aromatic carbocycles. The van der Waals surface area contributed by atoms with Gasteiger partial charge in [-0.15, -0.1) is 11.8 Å². The molecule has 5 nitrogen and oxygen atoms in total. The maximum Gasteiger partial charge on any atom is 0.251 e. The van der Waals surface area contributed by atoms with E-state index >= 15 is 0 Å². The Morgan fingerprint density at radius 3 is 2.64 bits per heavy atom. The first-order valence-electron chi connectivity index (χ1n) is 9.05. The first kappa shape index (κ1) is 18.3. The highest BCUT2D eigenvalue weighted by molar-refractivity contribution is 7.98. The van der Waals surface area contributed by atoms with Gasteiger partial charge in [0.05, 0.1) is 11.7 Å². The van der Waals surface area contributed by atoms with Gasteiger partial charge in [0.2, 0.25) is 0 Å². The Hall–Kier alpha value is -3.12. The van der Waals surface area contributed by atoms with Gasteiger partial charge in [-0.25, -0.2) is 4.98 Å². The average molecular weight is 388 g/mol. The summed E-state index contributed by atoms with van der Waals surface area (Å²) in [7, 11) is 0. The number of hydrogen-bond acceptors (Lipinski definition) is 4. The second-order valence-electron chi connectivity index (χ2n) is 6.49. The minimum Gasteiger partial charge on any atom is -0.346 e. The Morgan fingerprint density at radius 2 is 1.89 bits per heavy atom. The Labute approximate surface area is 167 Å². The molecular weight excluding hydrogens is 368 g/mol. The van der Waals surface area contributed by atoms with Crippen LogP contribution in [-0.4, -0.2) is 20.3 Å². The topological polar surface area (TPSA) is 59.3 Å². The predicted molar refractivity (Wildman–Crippen MR) is 111 cm³/mol. The molecule has 1 amide bonds. The third-order valence-electron chi connectivity index (χ3n) is 4.47. The Morgan fingerprint density at radius 1 is 1.11 bits per heavy atom. The summed E-state index contributed by atoms with van der Waals surface area (Å²) >= 11 is 1.71. The molecule has 4 rings (SSSR count). The van der Waals surface area contributed by atoms with Gasteiger partial charge >= 0.3 is 0 Å². The van der Waals surface area contributed by atoms with Gasteiger partial charge in [0, 0.05) is 41.0 Å². The lowest BCUT2D eigenvalue weighted by atomic mass is 10.1. The lowest BCUT2D eigenvalue weighted by molar-refractivity contribution is 0.0940. The highest BCUT2D eigenvalue weighted by Crippen LogP contribution is 2.23. The van der Waals surface area contributed by atoms with Crippen molar-refractivity contribution in [3.05, 3.63) is 96.2 Å². The fourth-order valence-electron chi connectivity index (χ4n) is 2.93. The van der Waals surface area contributed by atoms with Crippen LogP contribution in [0.15, 0.2) is 84.3 Å². The summed E-state index contributed by atoms with van der Waals surface area (Å²) in [4.78, 5) is 22.2. The van der Waals surface area contributed by atoms with Crippen LogP contribution >= 0.6 is 11.8 Å². The second-order valence-corrected chi connectivity index (χ2v) is 7.54. The van der Waals surface area contributed by atoms with Crippen molar-refractivity contribution in [1.82, 2.24) is 19.7 Å². The molecule has 1 atom stereocenters. The van der Waals surface area contributed by atoms with E-state index in [-0.39, 0.29) is 11.9 Å². The number of nitrogens with zero attached hydrogens (tertiary/aromatic N) is 3. The second kappa shape index (κ2) is 8.27. The molecule has 140 valence electrons. The molecule has 3 aromatic heterocycles. The van der Waals surface area contributed by atoms with Crippen LogP contribution in [0.1, 0.15) is 34.6 Å². The van der Waals surface area contributed by atoms with E-state index in [0.717, 1.165) is 27.6 Å². The van der Waals surface area contributed by atoms with E-state index in [4.69, 9.17) is 0 Å². The molecule has 0 radical (unpaired) electrons. The van der Waals surface area contributed by atoms with Crippen molar-refractivity contribution in [3.63, 3.8) is 0 Å². The van der Waals surface area contributed by atoms with Crippen LogP contribution in [0.5, 0.6) is 0 Å². The zero-order valence-electron chi connectivity index (χ0n) is 15.4. The van der Waals surface area contributed by atoms with E-state index in [1.165, 1.54) is 0 Å². The van der Waals surface area contributed by atoms with E-state index < -0.39 is 0 Å². The molecular formula is C22H20N4OS. The number of amides is 1. The molecule has 0 saturated heterocycles. The summed E-state index contributed by atoms with van der Waals surface area (Å²) in [5.41, 5.74) is 3.67. The fourth-order valence-corrected chi connectivity index (χ4v) is 3.71. The van der Waals surface area contributed by atoms with E-state index in [2.05, 4.69) is 15.3 Å². The number of thioether (sulfide) groups is 1. The number of fused-ring (bicyclic) bond motifs is 1. The van der Waals surface area contributed by atoms with Crippen LogP contribution in [-0.2, 0) is 5.75 Å². The van der Waals surface area contributed by atoms with Crippen molar-refractivity contribution < 1.29 is 4.79 Å². The number of carbonyl (C=O) groups is 1. The van der Waals surface area contributed by atoms with Crippen LogP contribution in [0.2, 0.25) is 0 Å². The summed E-state index contributed by atoms with van der Waals surface area (Å²) in [5.74, 6) is 0.702. The van der Waals surface area contributed by atoms with Crippen molar-refractivity contribution in [1.29, 1.82) is 0 Å². The SMILES string of the molecule is CC(NC(=O)c1ccc(SCc2cn3ccccc3n2)cc1)c1ccncc1. The minimum absolute atomic E-state index is 0.0698. The molecule has 0 saturated carbocycles. The van der Waals surface area contributed by atoms with Crippen LogP contribution < -0.4 is 5.32 Å². The maximum absolute atomic E-state index is 12.5. The number of benzene rings is 1. The molecule has 28 heavy (non-hydrogen) atoms. The summed E-state index contributed by atoms with van der Waals surface area (Å²) in [6, 6.07) is 17.4. The Kier molecular flexibility index (Phi) is 5.39. The molecule has 0 bridgehead atoms. The first-order chi connectivity index (χ1) is 13.7. The standard InChI is InChI=1S/C22H20N4OS/c1-16(17-9-11-23-12-10-17)24-22(27)18-5-7-20(8-6-18)28-15-19-14-26-13-3-2-4-21(26)25-19/h2-14,16H,15H2,1H3,(H,24,27). The van der Waals surface area contributed by atoms with Crippen molar-refractivity contribution in [3.8, 4) is 0 Å². The van der Waals surface area contributed by atoms with Gasteiger partial charge in [0.25, 0.3) is 5.91 Å². The molecule has 0 fully saturated rings. The van der Waals surface area contributed by atoms with Crippen molar-refractivity contribution in [2.24, 2.45) is 0 Å². The number of carbonyl (C=O) groups excluding carboxylic acids is 1. The van der Waals surface area contributed by atoms with E-state index in [0.29, 0.717) is 5.56 Å². The zero-order chi connectivity index (χ0) is 19.3. The molecule has 0 spiro atoms. The van der Waals surface area contributed by atoms with Gasteiger partial charge in [-0.3, -0.25) is 9.78 Å². The predicted octanol–water partition coefficient (Wildman–Crippen LogP) is 4.51. The van der Waals surface area contributed by atoms with E-state index in [9.17, 15) is 4.79 Å². The average Bonchev–Trinajstić information content (AvgIpc) is 3.16. The van der Waals surface area contributed by atoms with Crippen LogP contribution in [0.4, 0.5) is 0 Å². The largest absolute Gasteiger partial charge is 0.346 e. The van der Waals surface area contributed by atoms with Gasteiger partial charge in [0.1, 0.15) is 5.65 Å². The lowest BCUT2D eigenvalue weighted by Gasteiger charge is -2.14. The molecule has 0 aliphatic rings. The fraction of sp³-hybridized carbons (Fsp3) is 0.136. The number of imidazole rings is 1. The molecule has 1 N–H and O–H groups in total.